The Balaban J connectivity index is 1.95. The van der Waals surface area contributed by atoms with Crippen LogP contribution in [0.3, 0.4) is 0 Å². The van der Waals surface area contributed by atoms with Crippen LogP contribution in [0.5, 0.6) is 0 Å². The predicted molar refractivity (Wildman–Crippen MR) is 90.0 cm³/mol. The number of aryl methyl sites for hydroxylation is 1. The molecule has 1 unspecified atom stereocenters. The molecule has 2 aromatic rings. The molecule has 110 valence electrons. The Kier molecular flexibility index (Phi) is 4.32. The second kappa shape index (κ2) is 6.05. The van der Waals surface area contributed by atoms with Gasteiger partial charge in [0, 0.05) is 5.92 Å². The minimum absolute atomic E-state index is 0.328. The normalized spacial score (nSPS) is 17.9. The number of benzene rings is 1. The van der Waals surface area contributed by atoms with Crippen LogP contribution in [-0.4, -0.2) is 9.97 Å². The molecule has 0 fully saturated rings. The molecular formula is C17H18BrClN2. The van der Waals surface area contributed by atoms with Gasteiger partial charge in [0.2, 0.25) is 0 Å². The summed E-state index contributed by atoms with van der Waals surface area (Å²) in [6, 6.07) is 8.66. The fourth-order valence-electron chi connectivity index (χ4n) is 2.94. The van der Waals surface area contributed by atoms with Crippen LogP contribution in [-0.2, 0) is 12.8 Å². The van der Waals surface area contributed by atoms with E-state index in [2.05, 4.69) is 59.0 Å². The van der Waals surface area contributed by atoms with Gasteiger partial charge in [-0.2, -0.15) is 0 Å². The lowest BCUT2D eigenvalue weighted by Crippen LogP contribution is -2.16. The molecule has 0 amide bonds. The second-order valence-corrected chi connectivity index (χ2v) is 7.09. The first-order chi connectivity index (χ1) is 10.1. The van der Waals surface area contributed by atoms with Gasteiger partial charge in [-0.15, -0.1) is 0 Å². The van der Waals surface area contributed by atoms with Gasteiger partial charge < -0.3 is 0 Å². The minimum Gasteiger partial charge on any atom is -0.236 e. The molecule has 0 bridgehead atoms. The van der Waals surface area contributed by atoms with Crippen molar-refractivity contribution in [2.24, 2.45) is 0 Å². The number of rotatable bonds is 2. The molecule has 1 aromatic carbocycles. The summed E-state index contributed by atoms with van der Waals surface area (Å²) in [4.78, 5) is 9.31. The van der Waals surface area contributed by atoms with E-state index in [0.717, 1.165) is 35.3 Å². The van der Waals surface area contributed by atoms with Crippen LogP contribution in [0.15, 0.2) is 28.7 Å². The highest BCUT2D eigenvalue weighted by molar-refractivity contribution is 9.10. The monoisotopic (exact) mass is 364 g/mol. The van der Waals surface area contributed by atoms with Gasteiger partial charge in [0.25, 0.3) is 0 Å². The van der Waals surface area contributed by atoms with Crippen LogP contribution in [0.25, 0.3) is 0 Å². The van der Waals surface area contributed by atoms with Crippen LogP contribution < -0.4 is 0 Å². The Labute approximate surface area is 139 Å². The van der Waals surface area contributed by atoms with E-state index in [9.17, 15) is 0 Å². The molecule has 2 nitrogen and oxygen atoms in total. The van der Waals surface area contributed by atoms with Crippen LogP contribution in [0.1, 0.15) is 54.7 Å². The smallest absolute Gasteiger partial charge is 0.147 e. The topological polar surface area (TPSA) is 25.8 Å². The van der Waals surface area contributed by atoms with Gasteiger partial charge >= 0.3 is 0 Å². The van der Waals surface area contributed by atoms with Gasteiger partial charge in [-0.25, -0.2) is 9.97 Å². The van der Waals surface area contributed by atoms with Gasteiger partial charge in [-0.3, -0.25) is 0 Å². The third kappa shape index (κ3) is 3.00. The first-order valence-corrected chi connectivity index (χ1v) is 8.53. The maximum atomic E-state index is 6.28. The third-order valence-corrected chi connectivity index (χ3v) is 5.40. The number of hydrogen-bond donors (Lipinski definition) is 0. The molecule has 4 heteroatoms. The number of hydrogen-bond acceptors (Lipinski definition) is 2. The minimum atomic E-state index is 0.328. The lowest BCUT2D eigenvalue weighted by molar-refractivity contribution is 0.549. The van der Waals surface area contributed by atoms with Crippen LogP contribution >= 0.6 is 27.5 Å². The number of fused-ring (bicyclic) bond motifs is 1. The Bertz CT molecular complexity index is 670. The molecule has 0 aliphatic heterocycles. The van der Waals surface area contributed by atoms with Gasteiger partial charge in [-0.1, -0.05) is 49.7 Å². The Morgan fingerprint density at radius 1 is 1.19 bits per heavy atom. The molecule has 1 heterocycles. The lowest BCUT2D eigenvalue weighted by atomic mass is 9.83. The largest absolute Gasteiger partial charge is 0.236 e. The summed E-state index contributed by atoms with van der Waals surface area (Å²) in [6.45, 7) is 4.26. The van der Waals surface area contributed by atoms with Crippen molar-refractivity contribution < 1.29 is 0 Å². The zero-order chi connectivity index (χ0) is 15.0. The molecule has 1 aliphatic carbocycles. The number of halogens is 2. The summed E-state index contributed by atoms with van der Waals surface area (Å²) in [5.74, 6) is 1.58. The first-order valence-electron chi connectivity index (χ1n) is 7.36. The predicted octanol–water partition coefficient (Wildman–Crippen LogP) is 5.29. The van der Waals surface area contributed by atoms with E-state index in [1.807, 2.05) is 0 Å². The van der Waals surface area contributed by atoms with Crippen LogP contribution in [0.4, 0.5) is 0 Å². The molecular weight excluding hydrogens is 348 g/mol. The average Bonchev–Trinajstić information content (AvgIpc) is 2.49. The molecule has 1 atom stereocenters. The maximum absolute atomic E-state index is 6.28. The molecule has 3 rings (SSSR count). The summed E-state index contributed by atoms with van der Waals surface area (Å²) in [7, 11) is 0. The molecule has 0 N–H and O–H groups in total. The Morgan fingerprint density at radius 3 is 2.62 bits per heavy atom. The van der Waals surface area contributed by atoms with Crippen LogP contribution in [0.2, 0.25) is 5.15 Å². The van der Waals surface area contributed by atoms with E-state index in [1.54, 1.807) is 0 Å². The van der Waals surface area contributed by atoms with E-state index in [-0.39, 0.29) is 0 Å². The molecule has 1 aromatic heterocycles. The van der Waals surface area contributed by atoms with E-state index >= 15 is 0 Å². The van der Waals surface area contributed by atoms with Crippen molar-refractivity contribution in [3.63, 3.8) is 0 Å². The van der Waals surface area contributed by atoms with E-state index in [1.165, 1.54) is 11.1 Å². The van der Waals surface area contributed by atoms with Crippen molar-refractivity contribution in [3.05, 3.63) is 56.5 Å². The maximum Gasteiger partial charge on any atom is 0.147 e. The molecule has 1 aliphatic rings. The fourth-order valence-corrected chi connectivity index (χ4v) is 3.75. The van der Waals surface area contributed by atoms with Crippen molar-refractivity contribution in [3.8, 4) is 0 Å². The molecule has 21 heavy (non-hydrogen) atoms. The summed E-state index contributed by atoms with van der Waals surface area (Å²) in [6.07, 6.45) is 3.19. The highest BCUT2D eigenvalue weighted by Gasteiger charge is 2.24. The summed E-state index contributed by atoms with van der Waals surface area (Å²) >= 11 is 9.79. The van der Waals surface area contributed by atoms with E-state index in [0.29, 0.717) is 17.0 Å². The standard InChI is InChI=1S/C17H18BrClN2/c1-10(2)15-14(18)16(19)21-17(20-15)13-8-7-11-5-3-4-6-12(11)9-13/h3-6,10,13H,7-9H2,1-2H3. The van der Waals surface area contributed by atoms with Crippen molar-refractivity contribution in [1.82, 2.24) is 9.97 Å². The lowest BCUT2D eigenvalue weighted by Gasteiger charge is -2.24. The highest BCUT2D eigenvalue weighted by atomic mass is 79.9. The van der Waals surface area contributed by atoms with Gasteiger partial charge in [0.1, 0.15) is 11.0 Å². The SMILES string of the molecule is CC(C)c1nc(C2CCc3ccccc3C2)nc(Cl)c1Br. The number of nitrogens with zero attached hydrogens (tertiary/aromatic N) is 2. The van der Waals surface area contributed by atoms with E-state index in [4.69, 9.17) is 16.6 Å². The van der Waals surface area contributed by atoms with Gasteiger partial charge in [0.05, 0.1) is 10.2 Å². The first kappa shape index (κ1) is 15.0. The molecule has 0 saturated heterocycles. The van der Waals surface area contributed by atoms with Gasteiger partial charge in [0.15, 0.2) is 0 Å². The average molecular weight is 366 g/mol. The van der Waals surface area contributed by atoms with Gasteiger partial charge in [-0.05, 0) is 52.2 Å². The Morgan fingerprint density at radius 2 is 1.90 bits per heavy atom. The fraction of sp³-hybridized carbons (Fsp3) is 0.412. The second-order valence-electron chi connectivity index (χ2n) is 5.93. The molecule has 0 spiro atoms. The number of aromatic nitrogens is 2. The Hall–Kier alpha value is -0.930. The summed E-state index contributed by atoms with van der Waals surface area (Å²) < 4.78 is 0.833. The summed E-state index contributed by atoms with van der Waals surface area (Å²) in [5.41, 5.74) is 3.88. The molecule has 0 saturated carbocycles. The van der Waals surface area contributed by atoms with Crippen molar-refractivity contribution >= 4 is 27.5 Å². The highest BCUT2D eigenvalue weighted by Crippen LogP contribution is 2.35. The van der Waals surface area contributed by atoms with Crippen LogP contribution in [0, 0.1) is 0 Å². The molecule has 0 radical (unpaired) electrons. The quantitative estimate of drug-likeness (QED) is 0.676. The van der Waals surface area contributed by atoms with E-state index < -0.39 is 0 Å². The van der Waals surface area contributed by atoms with Crippen molar-refractivity contribution in [2.45, 2.75) is 44.9 Å². The third-order valence-electron chi connectivity index (χ3n) is 4.11. The van der Waals surface area contributed by atoms with Crippen molar-refractivity contribution in [2.75, 3.05) is 0 Å². The zero-order valence-electron chi connectivity index (χ0n) is 12.2. The zero-order valence-corrected chi connectivity index (χ0v) is 14.6. The summed E-state index contributed by atoms with van der Waals surface area (Å²) in [5, 5.41) is 0.530. The van der Waals surface area contributed by atoms with Crippen molar-refractivity contribution in [1.29, 1.82) is 0 Å².